The Morgan fingerprint density at radius 2 is 0.762 bits per heavy atom. The van der Waals surface area contributed by atoms with Crippen LogP contribution in [0.5, 0.6) is 11.5 Å². The van der Waals surface area contributed by atoms with Gasteiger partial charge in [-0.2, -0.15) is 0 Å². The molecule has 0 radical (unpaired) electrons. The Balaban J connectivity index is 2.25. The summed E-state index contributed by atoms with van der Waals surface area (Å²) in [6.45, 7) is 6.90. The number of rotatable bonds is 28. The lowest BCUT2D eigenvalue weighted by atomic mass is 9.83. The van der Waals surface area contributed by atoms with Gasteiger partial charge in [-0.25, -0.2) is 0 Å². The molecule has 0 heterocycles. The second-order valence-corrected chi connectivity index (χ2v) is 12.7. The molecule has 0 aliphatic carbocycles. The van der Waals surface area contributed by atoms with Crippen LogP contribution in [-0.4, -0.2) is 5.79 Å². The van der Waals surface area contributed by atoms with Gasteiger partial charge in [-0.15, -0.1) is 0 Å². The molecule has 2 rings (SSSR count). The number of ether oxygens (including phenoxy) is 2. The third kappa shape index (κ3) is 16.0. The van der Waals surface area contributed by atoms with E-state index >= 15 is 0 Å². The topological polar surface area (TPSA) is 18.5 Å². The summed E-state index contributed by atoms with van der Waals surface area (Å²) in [5.41, 5.74) is 0. The first-order valence-corrected chi connectivity index (χ1v) is 18.2. The van der Waals surface area contributed by atoms with Crippen LogP contribution in [-0.2, 0) is 0 Å². The van der Waals surface area contributed by atoms with Gasteiger partial charge < -0.3 is 9.47 Å². The first-order chi connectivity index (χ1) is 20.7. The van der Waals surface area contributed by atoms with Crippen LogP contribution in [0.1, 0.15) is 168 Å². The summed E-state index contributed by atoms with van der Waals surface area (Å²) >= 11 is 0. The van der Waals surface area contributed by atoms with E-state index in [4.69, 9.17) is 9.47 Å². The Morgan fingerprint density at radius 1 is 0.429 bits per heavy atom. The number of benzene rings is 2. The number of para-hydroxylation sites is 2. The molecule has 0 N–H and O–H groups in total. The van der Waals surface area contributed by atoms with Gasteiger partial charge in [0.05, 0.1) is 0 Å². The van der Waals surface area contributed by atoms with Gasteiger partial charge in [0.15, 0.2) is 0 Å². The molecule has 42 heavy (non-hydrogen) atoms. The molecule has 1 atom stereocenters. The molecule has 2 aromatic rings. The van der Waals surface area contributed by atoms with Crippen molar-refractivity contribution in [2.75, 3.05) is 0 Å². The van der Waals surface area contributed by atoms with Crippen LogP contribution in [0.2, 0.25) is 0 Å². The van der Waals surface area contributed by atoms with Gasteiger partial charge in [-0.1, -0.05) is 179 Å². The van der Waals surface area contributed by atoms with Gasteiger partial charge in [0.1, 0.15) is 11.5 Å². The Kier molecular flexibility index (Phi) is 21.1. The normalized spacial score (nSPS) is 12.4. The zero-order chi connectivity index (χ0) is 30.0. The smallest absolute Gasteiger partial charge is 0.254 e. The third-order valence-corrected chi connectivity index (χ3v) is 8.88. The minimum atomic E-state index is -0.641. The van der Waals surface area contributed by atoms with E-state index < -0.39 is 5.79 Å². The number of hydrogen-bond donors (Lipinski definition) is 0. The lowest BCUT2D eigenvalue weighted by Gasteiger charge is -2.41. The largest absolute Gasteiger partial charge is 0.452 e. The molecule has 0 fully saturated rings. The maximum absolute atomic E-state index is 7.10. The summed E-state index contributed by atoms with van der Waals surface area (Å²) in [5.74, 6) is 1.60. The third-order valence-electron chi connectivity index (χ3n) is 8.88. The van der Waals surface area contributed by atoms with E-state index in [0.717, 1.165) is 24.3 Å². The molecule has 0 bridgehead atoms. The minimum Gasteiger partial charge on any atom is -0.452 e. The first kappa shape index (κ1) is 36.2. The Hall–Kier alpha value is -1.96. The molecular formula is C40H66O2. The van der Waals surface area contributed by atoms with Crippen molar-refractivity contribution in [2.24, 2.45) is 5.92 Å². The van der Waals surface area contributed by atoms with Crippen LogP contribution in [0.4, 0.5) is 0 Å². The van der Waals surface area contributed by atoms with Crippen molar-refractivity contribution < 1.29 is 9.47 Å². The number of hydrogen-bond acceptors (Lipinski definition) is 2. The molecule has 2 heteroatoms. The lowest BCUT2D eigenvalue weighted by molar-refractivity contribution is -0.167. The molecule has 2 nitrogen and oxygen atoms in total. The van der Waals surface area contributed by atoms with Crippen LogP contribution >= 0.6 is 0 Å². The Morgan fingerprint density at radius 3 is 1.14 bits per heavy atom. The SMILES string of the molecule is CCCCCCCCCC(CCCCCCCC)C(CCCCCCCCC)(Oc1ccccc1)Oc1ccccc1. The van der Waals surface area contributed by atoms with Crippen molar-refractivity contribution in [3.05, 3.63) is 60.7 Å². The standard InChI is InChI=1S/C40H66O2/c1-4-7-10-13-16-19-24-31-37(30-23-18-15-12-9-6-3)40(41-38-32-25-21-26-33-38,42-39-34-27-22-28-35-39)36-29-20-17-14-11-8-5-2/h21-22,25-28,32-35,37H,4-20,23-24,29-31,36H2,1-3H3. The van der Waals surface area contributed by atoms with Crippen LogP contribution in [0.3, 0.4) is 0 Å². The van der Waals surface area contributed by atoms with Crippen LogP contribution in [0.25, 0.3) is 0 Å². The molecule has 0 spiro atoms. The fourth-order valence-electron chi connectivity index (χ4n) is 6.30. The number of unbranched alkanes of at least 4 members (excludes halogenated alkanes) is 17. The fourth-order valence-corrected chi connectivity index (χ4v) is 6.30. The first-order valence-electron chi connectivity index (χ1n) is 18.2. The Bertz CT molecular complexity index is 792. The molecule has 0 saturated heterocycles. The highest BCUT2D eigenvalue weighted by Crippen LogP contribution is 2.39. The average Bonchev–Trinajstić information content (AvgIpc) is 3.01. The van der Waals surface area contributed by atoms with Crippen molar-refractivity contribution in [2.45, 2.75) is 174 Å². The van der Waals surface area contributed by atoms with E-state index in [1.165, 1.54) is 135 Å². The molecule has 0 aliphatic rings. The fraction of sp³-hybridized carbons (Fsp3) is 0.700. The average molecular weight is 579 g/mol. The molecule has 0 amide bonds. The van der Waals surface area contributed by atoms with E-state index in [2.05, 4.69) is 81.4 Å². The van der Waals surface area contributed by atoms with E-state index in [1.807, 2.05) is 0 Å². The van der Waals surface area contributed by atoms with Gasteiger partial charge in [-0.05, 0) is 43.5 Å². The van der Waals surface area contributed by atoms with Gasteiger partial charge in [-0.3, -0.25) is 0 Å². The molecule has 238 valence electrons. The van der Waals surface area contributed by atoms with Crippen LogP contribution in [0.15, 0.2) is 60.7 Å². The summed E-state index contributed by atoms with van der Waals surface area (Å²) in [5, 5.41) is 0. The van der Waals surface area contributed by atoms with Gasteiger partial charge >= 0.3 is 0 Å². The summed E-state index contributed by atoms with van der Waals surface area (Å²) in [6, 6.07) is 21.0. The molecule has 2 aromatic carbocycles. The molecule has 0 saturated carbocycles. The maximum atomic E-state index is 7.10. The lowest BCUT2D eigenvalue weighted by Crippen LogP contribution is -2.49. The van der Waals surface area contributed by atoms with E-state index in [0.29, 0.717) is 5.92 Å². The Labute approximate surface area is 261 Å². The predicted molar refractivity (Wildman–Crippen MR) is 184 cm³/mol. The van der Waals surface area contributed by atoms with Gasteiger partial charge in [0, 0.05) is 12.3 Å². The summed E-state index contributed by atoms with van der Waals surface area (Å²) in [6.07, 6.45) is 29.7. The zero-order valence-electron chi connectivity index (χ0n) is 27.9. The molecule has 0 aromatic heterocycles. The highest BCUT2D eigenvalue weighted by Gasteiger charge is 2.42. The molecule has 0 aliphatic heterocycles. The van der Waals surface area contributed by atoms with Crippen LogP contribution in [0, 0.1) is 5.92 Å². The maximum Gasteiger partial charge on any atom is 0.254 e. The van der Waals surface area contributed by atoms with Crippen LogP contribution < -0.4 is 9.47 Å². The van der Waals surface area contributed by atoms with Crippen molar-refractivity contribution in [1.29, 1.82) is 0 Å². The highest BCUT2D eigenvalue weighted by atomic mass is 16.7. The van der Waals surface area contributed by atoms with Gasteiger partial charge in [0.25, 0.3) is 5.79 Å². The second kappa shape index (κ2) is 24.5. The highest BCUT2D eigenvalue weighted by molar-refractivity contribution is 5.24. The summed E-state index contributed by atoms with van der Waals surface area (Å²) < 4.78 is 14.2. The summed E-state index contributed by atoms with van der Waals surface area (Å²) in [7, 11) is 0. The quantitative estimate of drug-likeness (QED) is 0.0738. The van der Waals surface area contributed by atoms with Crippen molar-refractivity contribution in [1.82, 2.24) is 0 Å². The molecular weight excluding hydrogens is 512 g/mol. The van der Waals surface area contributed by atoms with Crippen molar-refractivity contribution in [3.8, 4) is 11.5 Å². The monoisotopic (exact) mass is 579 g/mol. The summed E-state index contributed by atoms with van der Waals surface area (Å²) in [4.78, 5) is 0. The second-order valence-electron chi connectivity index (χ2n) is 12.7. The van der Waals surface area contributed by atoms with E-state index in [1.54, 1.807) is 0 Å². The zero-order valence-corrected chi connectivity index (χ0v) is 27.9. The van der Waals surface area contributed by atoms with Crippen molar-refractivity contribution >= 4 is 0 Å². The van der Waals surface area contributed by atoms with Crippen molar-refractivity contribution in [3.63, 3.8) is 0 Å². The van der Waals surface area contributed by atoms with E-state index in [-0.39, 0.29) is 0 Å². The van der Waals surface area contributed by atoms with Gasteiger partial charge in [0.2, 0.25) is 0 Å². The predicted octanol–water partition coefficient (Wildman–Crippen LogP) is 13.5. The van der Waals surface area contributed by atoms with E-state index in [9.17, 15) is 0 Å². The minimum absolute atomic E-state index is 0.375. The molecule has 1 unspecified atom stereocenters.